The van der Waals surface area contributed by atoms with E-state index in [0.717, 1.165) is 36.3 Å². The van der Waals surface area contributed by atoms with Crippen molar-refractivity contribution in [1.29, 1.82) is 10.5 Å². The molecule has 0 unspecified atom stereocenters. The topological polar surface area (TPSA) is 105 Å². The largest absolute Gasteiger partial charge is 0.486 e. The predicted molar refractivity (Wildman–Crippen MR) is 141 cm³/mol. The number of ether oxygens (including phenoxy) is 3. The van der Waals surface area contributed by atoms with Gasteiger partial charge in [-0.2, -0.15) is 10.5 Å². The molecule has 8 heteroatoms. The first-order valence-electron chi connectivity index (χ1n) is 12.8. The van der Waals surface area contributed by atoms with Gasteiger partial charge < -0.3 is 18.6 Å². The first-order chi connectivity index (χ1) is 18.7. The smallest absolute Gasteiger partial charge is 0.228 e. The van der Waals surface area contributed by atoms with Gasteiger partial charge in [-0.05, 0) is 55.8 Å². The van der Waals surface area contributed by atoms with Gasteiger partial charge in [0.15, 0.2) is 23.7 Å². The summed E-state index contributed by atoms with van der Waals surface area (Å²) in [5.41, 5.74) is 4.88. The van der Waals surface area contributed by atoms with Crippen molar-refractivity contribution in [3.8, 4) is 52.0 Å². The van der Waals surface area contributed by atoms with Crippen molar-refractivity contribution in [1.82, 2.24) is 9.88 Å². The van der Waals surface area contributed by atoms with Gasteiger partial charge >= 0.3 is 0 Å². The van der Waals surface area contributed by atoms with Gasteiger partial charge in [-0.15, -0.1) is 0 Å². The number of oxazole rings is 1. The molecule has 0 radical (unpaired) electrons. The Morgan fingerprint density at radius 1 is 0.921 bits per heavy atom. The summed E-state index contributed by atoms with van der Waals surface area (Å²) < 4.78 is 23.3. The number of fused-ring (bicyclic) bond motifs is 2. The van der Waals surface area contributed by atoms with E-state index in [-0.39, 0.29) is 6.61 Å². The van der Waals surface area contributed by atoms with Crippen LogP contribution in [0.3, 0.4) is 0 Å². The second-order valence-electron chi connectivity index (χ2n) is 9.43. The van der Waals surface area contributed by atoms with Crippen molar-refractivity contribution in [2.24, 2.45) is 0 Å². The molecule has 190 valence electrons. The molecule has 3 heterocycles. The molecular formula is C30H26N4O4. The van der Waals surface area contributed by atoms with Crippen LogP contribution in [0, 0.1) is 22.7 Å². The van der Waals surface area contributed by atoms with Gasteiger partial charge in [0.25, 0.3) is 0 Å². The first-order valence-corrected chi connectivity index (χ1v) is 12.8. The zero-order valence-corrected chi connectivity index (χ0v) is 20.9. The molecule has 0 bridgehead atoms. The molecule has 4 aromatic rings. The summed E-state index contributed by atoms with van der Waals surface area (Å²) in [6, 6.07) is 19.5. The highest BCUT2D eigenvalue weighted by Gasteiger charge is 2.21. The van der Waals surface area contributed by atoms with Crippen LogP contribution < -0.4 is 14.2 Å². The fourth-order valence-electron chi connectivity index (χ4n) is 5.14. The zero-order chi connectivity index (χ0) is 25.9. The quantitative estimate of drug-likeness (QED) is 0.328. The number of hydrogen-bond donors (Lipinski definition) is 0. The number of rotatable bonds is 6. The van der Waals surface area contributed by atoms with E-state index in [9.17, 15) is 5.26 Å². The van der Waals surface area contributed by atoms with Crippen LogP contribution in [0.1, 0.15) is 30.4 Å². The molecule has 0 amide bonds. The SMILES string of the molecule is N#CCOc1cc2oc(-c3cccc(-c4ccc5c(c4)OCCO5)c3C#N)nc2cc1CN1CCCCC1. The minimum Gasteiger partial charge on any atom is -0.486 e. The van der Waals surface area contributed by atoms with Gasteiger partial charge in [0.1, 0.15) is 36.6 Å². The van der Waals surface area contributed by atoms with Crippen molar-refractivity contribution >= 4 is 11.1 Å². The molecule has 0 spiro atoms. The number of nitriles is 2. The van der Waals surface area contributed by atoms with Crippen molar-refractivity contribution in [2.75, 3.05) is 32.9 Å². The van der Waals surface area contributed by atoms with Crippen LogP contribution in [0.4, 0.5) is 0 Å². The average molecular weight is 507 g/mol. The number of hydrogen-bond acceptors (Lipinski definition) is 8. The Kier molecular flexibility index (Phi) is 6.56. The monoisotopic (exact) mass is 506 g/mol. The molecule has 1 fully saturated rings. The summed E-state index contributed by atoms with van der Waals surface area (Å²) in [5.74, 6) is 2.34. The Balaban J connectivity index is 1.39. The molecule has 0 aliphatic carbocycles. The Morgan fingerprint density at radius 3 is 2.55 bits per heavy atom. The van der Waals surface area contributed by atoms with E-state index < -0.39 is 0 Å². The Morgan fingerprint density at radius 2 is 1.74 bits per heavy atom. The molecule has 8 nitrogen and oxygen atoms in total. The summed E-state index contributed by atoms with van der Waals surface area (Å²) in [4.78, 5) is 7.17. The van der Waals surface area contributed by atoms with E-state index in [1.165, 1.54) is 19.3 Å². The maximum Gasteiger partial charge on any atom is 0.228 e. The van der Waals surface area contributed by atoms with Crippen molar-refractivity contribution < 1.29 is 18.6 Å². The van der Waals surface area contributed by atoms with E-state index >= 15 is 0 Å². The van der Waals surface area contributed by atoms with Crippen molar-refractivity contribution in [2.45, 2.75) is 25.8 Å². The summed E-state index contributed by atoms with van der Waals surface area (Å²) in [5, 5.41) is 19.3. The highest BCUT2D eigenvalue weighted by atomic mass is 16.6. The second-order valence-corrected chi connectivity index (χ2v) is 9.43. The molecular weight excluding hydrogens is 480 g/mol. The van der Waals surface area contributed by atoms with Gasteiger partial charge in [0, 0.05) is 23.7 Å². The van der Waals surface area contributed by atoms with Crippen LogP contribution in [0.25, 0.3) is 33.7 Å². The summed E-state index contributed by atoms with van der Waals surface area (Å²) in [7, 11) is 0. The lowest BCUT2D eigenvalue weighted by Gasteiger charge is -2.27. The minimum absolute atomic E-state index is 0.0460. The van der Waals surface area contributed by atoms with Crippen LogP contribution in [0.5, 0.6) is 17.2 Å². The lowest BCUT2D eigenvalue weighted by molar-refractivity contribution is 0.171. The van der Waals surface area contributed by atoms with Crippen LogP contribution >= 0.6 is 0 Å². The Labute approximate surface area is 220 Å². The number of piperidine rings is 1. The molecule has 38 heavy (non-hydrogen) atoms. The third kappa shape index (κ3) is 4.63. The van der Waals surface area contributed by atoms with Crippen LogP contribution in [-0.4, -0.2) is 42.8 Å². The molecule has 6 rings (SSSR count). The van der Waals surface area contributed by atoms with Crippen LogP contribution in [0.2, 0.25) is 0 Å². The number of aromatic nitrogens is 1. The van der Waals surface area contributed by atoms with Gasteiger partial charge in [-0.1, -0.05) is 24.6 Å². The zero-order valence-electron chi connectivity index (χ0n) is 20.9. The molecule has 3 aromatic carbocycles. The fraction of sp³-hybridized carbons (Fsp3) is 0.300. The summed E-state index contributed by atoms with van der Waals surface area (Å²) in [6.45, 7) is 3.77. The van der Waals surface area contributed by atoms with Gasteiger partial charge in [0.2, 0.25) is 5.89 Å². The average Bonchev–Trinajstić information content (AvgIpc) is 3.38. The minimum atomic E-state index is -0.0460. The fourth-order valence-corrected chi connectivity index (χ4v) is 5.14. The van der Waals surface area contributed by atoms with Crippen LogP contribution in [-0.2, 0) is 6.54 Å². The molecule has 2 aliphatic rings. The van der Waals surface area contributed by atoms with Crippen molar-refractivity contribution in [3.05, 3.63) is 59.7 Å². The third-order valence-corrected chi connectivity index (χ3v) is 6.97. The summed E-state index contributed by atoms with van der Waals surface area (Å²) in [6.07, 6.45) is 3.62. The van der Waals surface area contributed by atoms with Crippen LogP contribution in [0.15, 0.2) is 52.9 Å². The van der Waals surface area contributed by atoms with E-state index in [1.54, 1.807) is 6.07 Å². The number of nitrogens with zero attached hydrogens (tertiary/aromatic N) is 4. The maximum atomic E-state index is 10.2. The van der Waals surface area contributed by atoms with E-state index in [1.807, 2.05) is 48.5 Å². The van der Waals surface area contributed by atoms with Crippen molar-refractivity contribution in [3.63, 3.8) is 0 Å². The van der Waals surface area contributed by atoms with E-state index in [4.69, 9.17) is 28.9 Å². The molecule has 0 atom stereocenters. The second kappa shape index (κ2) is 10.5. The maximum absolute atomic E-state index is 10.2. The lowest BCUT2D eigenvalue weighted by atomic mass is 9.95. The van der Waals surface area contributed by atoms with Gasteiger partial charge in [0.05, 0.1) is 11.1 Å². The van der Waals surface area contributed by atoms with Gasteiger partial charge in [-0.3, -0.25) is 4.90 Å². The lowest BCUT2D eigenvalue weighted by Crippen LogP contribution is -2.29. The third-order valence-electron chi connectivity index (χ3n) is 6.97. The Hall–Kier alpha value is -4.53. The molecule has 0 saturated carbocycles. The molecule has 0 N–H and O–H groups in total. The summed E-state index contributed by atoms with van der Waals surface area (Å²) >= 11 is 0. The first kappa shape index (κ1) is 23.8. The normalized spacial score (nSPS) is 15.1. The highest BCUT2D eigenvalue weighted by molar-refractivity contribution is 5.84. The standard InChI is InChI=1S/C30H26N4O4/c31-9-12-35-27-17-28-25(15-21(27)19-34-10-2-1-3-11-34)33-30(38-28)23-6-4-5-22(24(23)18-32)20-7-8-26-29(16-20)37-14-13-36-26/h4-8,15-17H,1-3,10-14,19H2. The number of likely N-dealkylation sites (tertiary alicyclic amines) is 1. The van der Waals surface area contributed by atoms with Gasteiger partial charge in [-0.25, -0.2) is 4.98 Å². The molecule has 1 aromatic heterocycles. The highest BCUT2D eigenvalue weighted by Crippen LogP contribution is 2.39. The van der Waals surface area contributed by atoms with E-state index in [2.05, 4.69) is 11.0 Å². The molecule has 2 aliphatic heterocycles. The molecule has 1 saturated heterocycles. The predicted octanol–water partition coefficient (Wildman–Crippen LogP) is 5.69. The number of benzene rings is 3. The Bertz CT molecular complexity index is 1570. The van der Waals surface area contributed by atoms with E-state index in [0.29, 0.717) is 58.6 Å².